The molecule has 0 saturated carbocycles. The lowest BCUT2D eigenvalue weighted by molar-refractivity contribution is -0.137. The van der Waals surface area contributed by atoms with Crippen LogP contribution in [0, 0.1) is 0 Å². The standard InChI is InChI=1S/C22H29F3N4O6S2/c1-4-36(31,32)16-6-5-10-29(11-9-16)37(33,34)28-20(30)19-13-35-21(27-19)26-18-12-15(22(23,24)25)7-8-17(18)14(2)3/h7-8,12-14,16H,4-6,9-11H2,1-3H3,(H,26,27)(H,28,30). The zero-order valence-electron chi connectivity index (χ0n) is 20.5. The fourth-order valence-corrected chi connectivity index (χ4v) is 6.65. The molecule has 1 aromatic carbocycles. The Kier molecular flexibility index (Phi) is 8.59. The molecule has 2 aromatic rings. The molecule has 0 bridgehead atoms. The summed E-state index contributed by atoms with van der Waals surface area (Å²) in [4.78, 5) is 16.4. The number of carbonyl (C=O) groups is 1. The van der Waals surface area contributed by atoms with Crippen molar-refractivity contribution < 1.29 is 39.2 Å². The second-order valence-electron chi connectivity index (χ2n) is 8.96. The van der Waals surface area contributed by atoms with Gasteiger partial charge in [-0.1, -0.05) is 26.8 Å². The first kappa shape index (κ1) is 28.9. The number of sulfone groups is 1. The molecule has 0 radical (unpaired) electrons. The maximum Gasteiger partial charge on any atom is 0.416 e. The van der Waals surface area contributed by atoms with Crippen LogP contribution >= 0.6 is 0 Å². The van der Waals surface area contributed by atoms with E-state index in [1.54, 1.807) is 13.8 Å². The first-order chi connectivity index (χ1) is 17.1. The van der Waals surface area contributed by atoms with Gasteiger partial charge in [0.05, 0.1) is 10.8 Å². The summed E-state index contributed by atoms with van der Waals surface area (Å²) in [6.45, 7) is 5.07. The lowest BCUT2D eigenvalue weighted by Crippen LogP contribution is -2.44. The lowest BCUT2D eigenvalue weighted by Gasteiger charge is -2.20. The minimum Gasteiger partial charge on any atom is -0.431 e. The summed E-state index contributed by atoms with van der Waals surface area (Å²) in [5.41, 5.74) is -0.677. The predicted molar refractivity (Wildman–Crippen MR) is 130 cm³/mol. The van der Waals surface area contributed by atoms with Crippen molar-refractivity contribution in [2.75, 3.05) is 24.2 Å². The highest BCUT2D eigenvalue weighted by Gasteiger charge is 2.33. The fourth-order valence-electron chi connectivity index (χ4n) is 4.00. The van der Waals surface area contributed by atoms with Crippen LogP contribution in [-0.2, 0) is 26.2 Å². The van der Waals surface area contributed by atoms with Gasteiger partial charge in [-0.3, -0.25) is 4.79 Å². The fraction of sp³-hybridized carbons (Fsp3) is 0.545. The summed E-state index contributed by atoms with van der Waals surface area (Å²) >= 11 is 0. The van der Waals surface area contributed by atoms with E-state index in [0.717, 1.165) is 22.7 Å². The maximum atomic E-state index is 13.2. The Morgan fingerprint density at radius 2 is 1.89 bits per heavy atom. The number of nitrogens with one attached hydrogen (secondary N) is 2. The molecule has 1 aliphatic heterocycles. The van der Waals surface area contributed by atoms with Crippen molar-refractivity contribution in [2.45, 2.75) is 57.4 Å². The van der Waals surface area contributed by atoms with Crippen molar-refractivity contribution in [1.29, 1.82) is 0 Å². The van der Waals surface area contributed by atoms with Crippen molar-refractivity contribution in [1.82, 2.24) is 14.0 Å². The average Bonchev–Trinajstić information content (AvgIpc) is 3.11. The number of aromatic nitrogens is 1. The van der Waals surface area contributed by atoms with Gasteiger partial charge in [-0.2, -0.15) is 30.9 Å². The summed E-state index contributed by atoms with van der Waals surface area (Å²) in [6, 6.07) is 2.89. The summed E-state index contributed by atoms with van der Waals surface area (Å²) in [5.74, 6) is -1.29. The monoisotopic (exact) mass is 566 g/mol. The Morgan fingerprint density at radius 1 is 1.19 bits per heavy atom. The van der Waals surface area contributed by atoms with Crippen molar-refractivity contribution in [3.8, 4) is 0 Å². The molecule has 1 fully saturated rings. The summed E-state index contributed by atoms with van der Waals surface area (Å²) in [6.07, 6.45) is -2.95. The molecule has 3 rings (SSSR count). The van der Waals surface area contributed by atoms with Gasteiger partial charge in [0.2, 0.25) is 0 Å². The van der Waals surface area contributed by atoms with Crippen LogP contribution < -0.4 is 10.0 Å². The van der Waals surface area contributed by atoms with Crippen LogP contribution in [0.15, 0.2) is 28.9 Å². The van der Waals surface area contributed by atoms with Gasteiger partial charge in [-0.15, -0.1) is 0 Å². The largest absolute Gasteiger partial charge is 0.431 e. The summed E-state index contributed by atoms with van der Waals surface area (Å²) in [5, 5.41) is 1.98. The van der Waals surface area contributed by atoms with E-state index in [9.17, 15) is 34.8 Å². The third kappa shape index (κ3) is 7.02. The first-order valence-electron chi connectivity index (χ1n) is 11.6. The molecule has 1 saturated heterocycles. The highest BCUT2D eigenvalue weighted by atomic mass is 32.2. The summed E-state index contributed by atoms with van der Waals surface area (Å²) < 4.78 is 97.4. The van der Waals surface area contributed by atoms with Gasteiger partial charge in [-0.25, -0.2) is 13.1 Å². The van der Waals surface area contributed by atoms with E-state index < -0.39 is 48.6 Å². The number of benzene rings is 1. The smallest absolute Gasteiger partial charge is 0.416 e. The normalized spacial score (nSPS) is 18.0. The molecule has 206 valence electrons. The number of rotatable bonds is 8. The number of carbonyl (C=O) groups excluding carboxylic acids is 1. The number of hydrogen-bond acceptors (Lipinski definition) is 8. The van der Waals surface area contributed by atoms with Crippen molar-refractivity contribution in [3.05, 3.63) is 41.3 Å². The molecule has 1 amide bonds. The average molecular weight is 567 g/mol. The predicted octanol–water partition coefficient (Wildman–Crippen LogP) is 3.82. The topological polar surface area (TPSA) is 139 Å². The molecular formula is C22H29F3N4O6S2. The molecule has 0 aliphatic carbocycles. The van der Waals surface area contributed by atoms with Crippen LogP contribution in [0.25, 0.3) is 0 Å². The van der Waals surface area contributed by atoms with E-state index in [4.69, 9.17) is 4.42 Å². The molecule has 1 aromatic heterocycles. The molecule has 37 heavy (non-hydrogen) atoms. The van der Waals surface area contributed by atoms with Crippen molar-refractivity contribution in [2.24, 2.45) is 0 Å². The second-order valence-corrected chi connectivity index (χ2v) is 13.2. The molecule has 15 heteroatoms. The number of oxazole rings is 1. The van der Waals surface area contributed by atoms with Crippen LogP contribution in [0.1, 0.15) is 67.6 Å². The highest BCUT2D eigenvalue weighted by molar-refractivity contribution is 7.92. The summed E-state index contributed by atoms with van der Waals surface area (Å²) in [7, 11) is -7.63. The van der Waals surface area contributed by atoms with Gasteiger partial charge in [0, 0.05) is 24.5 Å². The molecule has 1 unspecified atom stereocenters. The Balaban J connectivity index is 1.72. The quantitative estimate of drug-likeness (QED) is 0.492. The SMILES string of the molecule is CCS(=O)(=O)C1CCCN(S(=O)(=O)NC(=O)c2coc(Nc3cc(C(F)(F)F)ccc3C(C)C)n2)CC1. The minimum atomic E-state index is -4.57. The number of amides is 1. The van der Waals surface area contributed by atoms with Crippen LogP contribution in [0.3, 0.4) is 0 Å². The van der Waals surface area contributed by atoms with E-state index in [-0.39, 0.29) is 42.9 Å². The van der Waals surface area contributed by atoms with Crippen LogP contribution in [0.4, 0.5) is 24.9 Å². The van der Waals surface area contributed by atoms with Crippen molar-refractivity contribution >= 4 is 37.7 Å². The van der Waals surface area contributed by atoms with Gasteiger partial charge in [0.15, 0.2) is 15.5 Å². The number of alkyl halides is 3. The molecule has 10 nitrogen and oxygen atoms in total. The van der Waals surface area contributed by atoms with E-state index in [1.807, 2.05) is 4.72 Å². The maximum absolute atomic E-state index is 13.2. The highest BCUT2D eigenvalue weighted by Crippen LogP contribution is 2.35. The van der Waals surface area contributed by atoms with E-state index in [2.05, 4.69) is 10.3 Å². The van der Waals surface area contributed by atoms with Crippen LogP contribution in [-0.4, -0.2) is 56.1 Å². The lowest BCUT2D eigenvalue weighted by atomic mass is 9.99. The second kappa shape index (κ2) is 11.0. The third-order valence-electron chi connectivity index (χ3n) is 6.09. The molecule has 2 heterocycles. The first-order valence-corrected chi connectivity index (χ1v) is 14.8. The Hall–Kier alpha value is -2.65. The van der Waals surface area contributed by atoms with Gasteiger partial charge in [0.25, 0.3) is 11.9 Å². The Morgan fingerprint density at radius 3 is 2.51 bits per heavy atom. The van der Waals surface area contributed by atoms with Crippen LogP contribution in [0.2, 0.25) is 0 Å². The third-order valence-corrected chi connectivity index (χ3v) is 9.87. The zero-order valence-corrected chi connectivity index (χ0v) is 22.1. The van der Waals surface area contributed by atoms with Gasteiger partial charge >= 0.3 is 16.4 Å². The van der Waals surface area contributed by atoms with E-state index >= 15 is 0 Å². The van der Waals surface area contributed by atoms with Crippen molar-refractivity contribution in [3.63, 3.8) is 0 Å². The van der Waals surface area contributed by atoms with E-state index in [0.29, 0.717) is 18.4 Å². The zero-order chi connectivity index (χ0) is 27.6. The molecule has 1 atom stereocenters. The number of hydrogen-bond donors (Lipinski definition) is 2. The Labute approximate surface area is 213 Å². The van der Waals surface area contributed by atoms with Gasteiger partial charge in [0.1, 0.15) is 6.26 Å². The van der Waals surface area contributed by atoms with Gasteiger partial charge < -0.3 is 9.73 Å². The Bertz CT molecular complexity index is 1340. The molecular weight excluding hydrogens is 537 g/mol. The van der Waals surface area contributed by atoms with Gasteiger partial charge in [-0.05, 0) is 42.9 Å². The molecule has 2 N–H and O–H groups in total. The molecule has 0 spiro atoms. The minimum absolute atomic E-state index is 0.0388. The number of anilines is 2. The van der Waals surface area contributed by atoms with Crippen LogP contribution in [0.5, 0.6) is 0 Å². The molecule has 1 aliphatic rings. The van der Waals surface area contributed by atoms with E-state index in [1.165, 1.54) is 13.0 Å². The number of halogens is 3. The number of nitrogens with zero attached hydrogens (tertiary/aromatic N) is 2.